The van der Waals surface area contributed by atoms with E-state index in [1.165, 1.54) is 0 Å². The lowest BCUT2D eigenvalue weighted by atomic mass is 10.2. The number of hydrogen-bond acceptors (Lipinski definition) is 4. The van der Waals surface area contributed by atoms with E-state index in [4.69, 9.17) is 9.47 Å². The molecule has 1 N–H and O–H groups in total. The van der Waals surface area contributed by atoms with E-state index in [0.717, 1.165) is 5.69 Å². The Morgan fingerprint density at radius 2 is 1.68 bits per heavy atom. The number of hydrogen-bond donors (Lipinski definition) is 1. The minimum Gasteiger partial charge on any atom is -0.449 e. The molecule has 6 nitrogen and oxygen atoms in total. The first-order valence-electron chi connectivity index (χ1n) is 9.43. The largest absolute Gasteiger partial charge is 0.449 e. The second-order valence-electron chi connectivity index (χ2n) is 7.35. The standard InChI is InChI=1S/C22H28N2O4/c1-16(2)14-24(19-10-6-5-7-11-19)22(26)28-20-12-8-9-18(13-20)23-21(25)27-15-17(3)4/h5-13,16-17H,14-15H2,1-4H3,(H,23,25). The summed E-state index contributed by atoms with van der Waals surface area (Å²) in [6, 6.07) is 16.1. The summed E-state index contributed by atoms with van der Waals surface area (Å²) < 4.78 is 10.6. The molecule has 0 aliphatic carbocycles. The molecule has 0 heterocycles. The monoisotopic (exact) mass is 384 g/mol. The van der Waals surface area contributed by atoms with E-state index >= 15 is 0 Å². The molecule has 0 spiro atoms. The highest BCUT2D eigenvalue weighted by Gasteiger charge is 2.19. The maximum absolute atomic E-state index is 12.8. The Bertz CT molecular complexity index is 775. The molecule has 150 valence electrons. The summed E-state index contributed by atoms with van der Waals surface area (Å²) in [5.41, 5.74) is 1.27. The summed E-state index contributed by atoms with van der Waals surface area (Å²) >= 11 is 0. The second kappa shape index (κ2) is 10.3. The minimum atomic E-state index is -0.539. The van der Waals surface area contributed by atoms with Crippen molar-refractivity contribution in [2.24, 2.45) is 11.8 Å². The second-order valence-corrected chi connectivity index (χ2v) is 7.35. The van der Waals surface area contributed by atoms with Gasteiger partial charge in [-0.1, -0.05) is 52.0 Å². The van der Waals surface area contributed by atoms with Crippen LogP contribution < -0.4 is 15.0 Å². The zero-order chi connectivity index (χ0) is 20.5. The van der Waals surface area contributed by atoms with Gasteiger partial charge in [-0.05, 0) is 36.1 Å². The number of para-hydroxylation sites is 1. The van der Waals surface area contributed by atoms with Gasteiger partial charge in [-0.2, -0.15) is 0 Å². The number of benzene rings is 2. The molecule has 0 fully saturated rings. The average molecular weight is 384 g/mol. The molecule has 0 radical (unpaired) electrons. The van der Waals surface area contributed by atoms with Crippen LogP contribution in [0.4, 0.5) is 21.0 Å². The van der Waals surface area contributed by atoms with Crippen molar-refractivity contribution in [2.45, 2.75) is 27.7 Å². The molecule has 2 rings (SSSR count). The third-order valence-electron chi connectivity index (χ3n) is 3.67. The molecule has 0 aliphatic heterocycles. The van der Waals surface area contributed by atoms with E-state index in [1.807, 2.05) is 58.0 Å². The number of rotatable bonds is 7. The van der Waals surface area contributed by atoms with Crippen molar-refractivity contribution in [1.29, 1.82) is 0 Å². The zero-order valence-corrected chi connectivity index (χ0v) is 16.8. The molecular weight excluding hydrogens is 356 g/mol. The van der Waals surface area contributed by atoms with Gasteiger partial charge in [0.05, 0.1) is 6.61 Å². The van der Waals surface area contributed by atoms with E-state index in [9.17, 15) is 9.59 Å². The first kappa shape index (κ1) is 21.3. The van der Waals surface area contributed by atoms with Gasteiger partial charge in [-0.25, -0.2) is 9.59 Å². The fraction of sp³-hybridized carbons (Fsp3) is 0.364. The Hall–Kier alpha value is -3.02. The lowest BCUT2D eigenvalue weighted by Crippen LogP contribution is -2.36. The van der Waals surface area contributed by atoms with Gasteiger partial charge in [-0.15, -0.1) is 0 Å². The molecule has 0 aromatic heterocycles. The van der Waals surface area contributed by atoms with Crippen LogP contribution in [0.1, 0.15) is 27.7 Å². The van der Waals surface area contributed by atoms with E-state index in [-0.39, 0.29) is 11.8 Å². The molecule has 2 aromatic rings. The van der Waals surface area contributed by atoms with E-state index in [0.29, 0.717) is 24.6 Å². The highest BCUT2D eigenvalue weighted by molar-refractivity contribution is 5.89. The number of nitrogens with zero attached hydrogens (tertiary/aromatic N) is 1. The first-order valence-corrected chi connectivity index (χ1v) is 9.43. The van der Waals surface area contributed by atoms with Gasteiger partial charge in [0.1, 0.15) is 5.75 Å². The normalized spacial score (nSPS) is 10.6. The van der Waals surface area contributed by atoms with Crippen molar-refractivity contribution in [3.05, 3.63) is 54.6 Å². The van der Waals surface area contributed by atoms with Gasteiger partial charge in [-0.3, -0.25) is 10.2 Å². The Morgan fingerprint density at radius 3 is 2.32 bits per heavy atom. The van der Waals surface area contributed by atoms with Crippen molar-refractivity contribution in [3.63, 3.8) is 0 Å². The Labute approximate surface area is 166 Å². The Kier molecular flexibility index (Phi) is 7.87. The maximum Gasteiger partial charge on any atom is 0.419 e. The summed E-state index contributed by atoms with van der Waals surface area (Å²) in [6.45, 7) is 8.86. The van der Waals surface area contributed by atoms with Gasteiger partial charge >= 0.3 is 12.2 Å². The molecule has 28 heavy (non-hydrogen) atoms. The molecular formula is C22H28N2O4. The van der Waals surface area contributed by atoms with Crippen LogP contribution in [0, 0.1) is 11.8 Å². The number of ether oxygens (including phenoxy) is 2. The first-order chi connectivity index (χ1) is 13.3. The lowest BCUT2D eigenvalue weighted by molar-refractivity contribution is 0.147. The topological polar surface area (TPSA) is 67.9 Å². The van der Waals surface area contributed by atoms with E-state index < -0.39 is 12.2 Å². The summed E-state index contributed by atoms with van der Waals surface area (Å²) in [5, 5.41) is 2.64. The molecule has 0 aliphatic rings. The molecule has 0 saturated carbocycles. The number of carbonyl (C=O) groups is 2. The Balaban J connectivity index is 2.06. The quantitative estimate of drug-likeness (QED) is 0.679. The highest BCUT2D eigenvalue weighted by atomic mass is 16.6. The predicted molar refractivity (Wildman–Crippen MR) is 111 cm³/mol. The van der Waals surface area contributed by atoms with Crippen molar-refractivity contribution in [2.75, 3.05) is 23.4 Å². The van der Waals surface area contributed by atoms with E-state index in [1.54, 1.807) is 29.2 Å². The van der Waals surface area contributed by atoms with Gasteiger partial charge in [0.25, 0.3) is 0 Å². The summed E-state index contributed by atoms with van der Waals surface area (Å²) in [6.07, 6.45) is -1.01. The molecule has 6 heteroatoms. The molecule has 0 unspecified atom stereocenters. The van der Waals surface area contributed by atoms with Gasteiger partial charge in [0.2, 0.25) is 0 Å². The van der Waals surface area contributed by atoms with E-state index in [2.05, 4.69) is 5.32 Å². The molecule has 2 aromatic carbocycles. The Morgan fingerprint density at radius 1 is 0.964 bits per heavy atom. The van der Waals surface area contributed by atoms with Crippen molar-refractivity contribution in [1.82, 2.24) is 0 Å². The maximum atomic E-state index is 12.8. The van der Waals surface area contributed by atoms with Gasteiger partial charge in [0, 0.05) is 24.0 Å². The minimum absolute atomic E-state index is 0.253. The summed E-state index contributed by atoms with van der Waals surface area (Å²) in [7, 11) is 0. The third-order valence-corrected chi connectivity index (χ3v) is 3.67. The van der Waals surface area contributed by atoms with Crippen LogP contribution in [-0.2, 0) is 4.74 Å². The summed E-state index contributed by atoms with van der Waals surface area (Å²) in [5.74, 6) is 0.871. The van der Waals surface area contributed by atoms with Crippen molar-refractivity contribution >= 4 is 23.6 Å². The average Bonchev–Trinajstić information content (AvgIpc) is 2.65. The summed E-state index contributed by atoms with van der Waals surface area (Å²) in [4.78, 5) is 26.2. The SMILES string of the molecule is CC(C)COC(=O)Nc1cccc(OC(=O)N(CC(C)C)c2ccccc2)c1. The van der Waals surface area contributed by atoms with Crippen LogP contribution in [0.2, 0.25) is 0 Å². The smallest absolute Gasteiger partial charge is 0.419 e. The number of amides is 2. The van der Waals surface area contributed by atoms with Crippen LogP contribution in [-0.4, -0.2) is 25.3 Å². The zero-order valence-electron chi connectivity index (χ0n) is 16.8. The predicted octanol–water partition coefficient (Wildman–Crippen LogP) is 5.55. The molecule has 0 atom stereocenters. The number of anilines is 2. The fourth-order valence-electron chi connectivity index (χ4n) is 2.45. The van der Waals surface area contributed by atoms with Crippen molar-refractivity contribution in [3.8, 4) is 5.75 Å². The van der Waals surface area contributed by atoms with Crippen LogP contribution in [0.3, 0.4) is 0 Å². The molecule has 0 saturated heterocycles. The van der Waals surface area contributed by atoms with Crippen LogP contribution >= 0.6 is 0 Å². The lowest BCUT2D eigenvalue weighted by Gasteiger charge is -2.24. The number of carbonyl (C=O) groups excluding carboxylic acids is 2. The van der Waals surface area contributed by atoms with Crippen molar-refractivity contribution < 1.29 is 19.1 Å². The highest BCUT2D eigenvalue weighted by Crippen LogP contribution is 2.21. The van der Waals surface area contributed by atoms with Crippen LogP contribution in [0.5, 0.6) is 5.75 Å². The fourth-order valence-corrected chi connectivity index (χ4v) is 2.45. The van der Waals surface area contributed by atoms with Crippen LogP contribution in [0.25, 0.3) is 0 Å². The third kappa shape index (κ3) is 6.95. The van der Waals surface area contributed by atoms with Gasteiger partial charge < -0.3 is 9.47 Å². The van der Waals surface area contributed by atoms with Gasteiger partial charge in [0.15, 0.2) is 0 Å². The number of nitrogens with one attached hydrogen (secondary N) is 1. The van der Waals surface area contributed by atoms with Crippen LogP contribution in [0.15, 0.2) is 54.6 Å². The molecule has 0 bridgehead atoms. The molecule has 2 amide bonds.